The second-order valence-corrected chi connectivity index (χ2v) is 3.44. The molecule has 6 nitrogen and oxygen atoms in total. The van der Waals surface area contributed by atoms with Crippen LogP contribution in [0.4, 0.5) is 0 Å². The first kappa shape index (κ1) is 10.3. The van der Waals surface area contributed by atoms with Gasteiger partial charge < -0.3 is 5.21 Å². The molecule has 1 N–H and O–H groups in total. The lowest BCUT2D eigenvalue weighted by Crippen LogP contribution is -2.11. The smallest absolute Gasteiger partial charge is 0.204 e. The van der Waals surface area contributed by atoms with Crippen LogP contribution in [0.2, 0.25) is 0 Å². The van der Waals surface area contributed by atoms with Gasteiger partial charge in [-0.1, -0.05) is 28.9 Å². The molecule has 16 heavy (non-hydrogen) atoms. The Hall–Kier alpha value is -2.24. The highest BCUT2D eigenvalue weighted by atomic mass is 16.4. The summed E-state index contributed by atoms with van der Waals surface area (Å²) in [6, 6.07) is 7.60. The summed E-state index contributed by atoms with van der Waals surface area (Å²) in [5.74, 6) is 0.424. The predicted molar refractivity (Wildman–Crippen MR) is 57.4 cm³/mol. The van der Waals surface area contributed by atoms with Crippen LogP contribution in [0.3, 0.4) is 0 Å². The minimum atomic E-state index is 0.358. The minimum absolute atomic E-state index is 0.358. The van der Waals surface area contributed by atoms with Crippen molar-refractivity contribution >= 4 is 5.71 Å². The Morgan fingerprint density at radius 2 is 2.25 bits per heavy atom. The molecule has 0 aliphatic heterocycles. The van der Waals surface area contributed by atoms with Gasteiger partial charge in [0.2, 0.25) is 5.82 Å². The average Bonchev–Trinajstić information content (AvgIpc) is 2.67. The molecule has 0 bridgehead atoms. The monoisotopic (exact) mass is 217 g/mol. The van der Waals surface area contributed by atoms with E-state index in [1.54, 1.807) is 7.05 Å². The fourth-order valence-corrected chi connectivity index (χ4v) is 1.45. The van der Waals surface area contributed by atoms with Gasteiger partial charge in [-0.3, -0.25) is 0 Å². The van der Waals surface area contributed by atoms with Crippen molar-refractivity contribution in [2.24, 2.45) is 12.2 Å². The summed E-state index contributed by atoms with van der Waals surface area (Å²) < 4.78 is 1.46. The van der Waals surface area contributed by atoms with E-state index in [1.165, 1.54) is 4.68 Å². The molecule has 0 atom stereocenters. The highest BCUT2D eigenvalue weighted by molar-refractivity contribution is 6.10. The van der Waals surface area contributed by atoms with Gasteiger partial charge in [-0.15, -0.1) is 5.10 Å². The molecular formula is C10H11N5O. The molecule has 82 valence electrons. The van der Waals surface area contributed by atoms with Crippen LogP contribution in [0.5, 0.6) is 0 Å². The molecule has 0 radical (unpaired) electrons. The van der Waals surface area contributed by atoms with Gasteiger partial charge >= 0.3 is 0 Å². The van der Waals surface area contributed by atoms with E-state index in [4.69, 9.17) is 5.21 Å². The van der Waals surface area contributed by atoms with Gasteiger partial charge in [-0.25, -0.2) is 4.68 Å². The van der Waals surface area contributed by atoms with Gasteiger partial charge in [0.05, 0.1) is 0 Å². The fourth-order valence-electron chi connectivity index (χ4n) is 1.45. The molecule has 0 spiro atoms. The molecule has 0 aliphatic carbocycles. The SMILES string of the molecule is Cc1cccc(/C(=N\O)c2nnnn2C)c1. The van der Waals surface area contributed by atoms with Crippen molar-refractivity contribution in [2.45, 2.75) is 6.92 Å². The molecule has 2 rings (SSSR count). The standard InChI is InChI=1S/C10H11N5O/c1-7-4-3-5-8(6-7)9(12-16)10-11-13-14-15(10)2/h3-6,16H,1-2H3/b12-9+. The van der Waals surface area contributed by atoms with E-state index < -0.39 is 0 Å². The van der Waals surface area contributed by atoms with Gasteiger partial charge in [0.1, 0.15) is 0 Å². The maximum absolute atomic E-state index is 9.05. The first-order chi connectivity index (χ1) is 7.72. The van der Waals surface area contributed by atoms with Crippen molar-refractivity contribution < 1.29 is 5.21 Å². The van der Waals surface area contributed by atoms with Gasteiger partial charge in [-0.05, 0) is 23.4 Å². The van der Waals surface area contributed by atoms with E-state index in [9.17, 15) is 0 Å². The van der Waals surface area contributed by atoms with Crippen LogP contribution < -0.4 is 0 Å². The van der Waals surface area contributed by atoms with Crippen LogP contribution in [0.15, 0.2) is 29.4 Å². The summed E-state index contributed by atoms with van der Waals surface area (Å²) in [4.78, 5) is 0. The lowest BCUT2D eigenvalue weighted by atomic mass is 10.1. The topological polar surface area (TPSA) is 76.2 Å². The summed E-state index contributed by atoms with van der Waals surface area (Å²) in [5, 5.41) is 23.3. The van der Waals surface area contributed by atoms with Crippen molar-refractivity contribution in [1.82, 2.24) is 20.2 Å². The number of hydrogen-bond donors (Lipinski definition) is 1. The normalized spacial score (nSPS) is 11.8. The van der Waals surface area contributed by atoms with Crippen molar-refractivity contribution in [3.8, 4) is 0 Å². The highest BCUT2D eigenvalue weighted by Gasteiger charge is 2.14. The summed E-state index contributed by atoms with van der Waals surface area (Å²) >= 11 is 0. The van der Waals surface area contributed by atoms with Crippen LogP contribution in [0, 0.1) is 6.92 Å². The predicted octanol–water partition coefficient (Wildman–Crippen LogP) is 0.745. The molecule has 0 saturated heterocycles. The molecule has 1 aromatic carbocycles. The molecule has 0 saturated carbocycles. The maximum atomic E-state index is 9.05. The maximum Gasteiger partial charge on any atom is 0.204 e. The summed E-state index contributed by atoms with van der Waals surface area (Å²) in [7, 11) is 1.69. The summed E-state index contributed by atoms with van der Waals surface area (Å²) in [6.45, 7) is 1.97. The van der Waals surface area contributed by atoms with Crippen molar-refractivity contribution in [2.75, 3.05) is 0 Å². The fraction of sp³-hybridized carbons (Fsp3) is 0.200. The van der Waals surface area contributed by atoms with E-state index in [2.05, 4.69) is 20.7 Å². The van der Waals surface area contributed by atoms with Crippen molar-refractivity contribution in [3.05, 3.63) is 41.2 Å². The Labute approximate surface area is 92.2 Å². The molecule has 0 amide bonds. The average molecular weight is 217 g/mol. The Morgan fingerprint density at radius 3 is 2.81 bits per heavy atom. The lowest BCUT2D eigenvalue weighted by molar-refractivity contribution is 0.319. The van der Waals surface area contributed by atoms with Crippen molar-refractivity contribution in [3.63, 3.8) is 0 Å². The quantitative estimate of drug-likeness (QED) is 0.457. The first-order valence-electron chi connectivity index (χ1n) is 4.74. The van der Waals surface area contributed by atoms with Crippen LogP contribution in [-0.2, 0) is 7.05 Å². The molecule has 6 heteroatoms. The van der Waals surface area contributed by atoms with E-state index in [0.717, 1.165) is 11.1 Å². The number of nitrogens with zero attached hydrogens (tertiary/aromatic N) is 5. The van der Waals surface area contributed by atoms with Crippen molar-refractivity contribution in [1.29, 1.82) is 0 Å². The zero-order chi connectivity index (χ0) is 11.5. The largest absolute Gasteiger partial charge is 0.410 e. The third-order valence-corrected chi connectivity index (χ3v) is 2.22. The Bertz CT molecular complexity index is 532. The lowest BCUT2D eigenvalue weighted by Gasteiger charge is -2.03. The molecule has 1 heterocycles. The number of rotatable bonds is 2. The summed E-state index contributed by atoms with van der Waals surface area (Å²) in [5.41, 5.74) is 2.21. The van der Waals surface area contributed by atoms with Crippen LogP contribution in [-0.4, -0.2) is 31.1 Å². The zero-order valence-electron chi connectivity index (χ0n) is 8.99. The molecular weight excluding hydrogens is 206 g/mol. The molecule has 2 aromatic rings. The van der Waals surface area contributed by atoms with Gasteiger partial charge in [-0.2, -0.15) is 0 Å². The Kier molecular flexibility index (Phi) is 2.63. The van der Waals surface area contributed by atoms with Gasteiger partial charge in [0, 0.05) is 12.6 Å². The van der Waals surface area contributed by atoms with E-state index in [1.807, 2.05) is 31.2 Å². The van der Waals surface area contributed by atoms with Crippen LogP contribution >= 0.6 is 0 Å². The third-order valence-electron chi connectivity index (χ3n) is 2.22. The molecule has 0 fully saturated rings. The second kappa shape index (κ2) is 4.09. The number of benzene rings is 1. The zero-order valence-corrected chi connectivity index (χ0v) is 8.99. The number of oxime groups is 1. The highest BCUT2D eigenvalue weighted by Crippen LogP contribution is 2.09. The number of hydrogen-bond acceptors (Lipinski definition) is 5. The van der Waals surface area contributed by atoms with Crippen LogP contribution in [0.25, 0.3) is 0 Å². The third kappa shape index (κ3) is 1.77. The van der Waals surface area contributed by atoms with Gasteiger partial charge in [0.25, 0.3) is 0 Å². The van der Waals surface area contributed by atoms with E-state index >= 15 is 0 Å². The minimum Gasteiger partial charge on any atom is -0.410 e. The number of aromatic nitrogens is 4. The Morgan fingerprint density at radius 1 is 1.44 bits per heavy atom. The number of aryl methyl sites for hydroxylation is 2. The second-order valence-electron chi connectivity index (χ2n) is 3.44. The molecule has 0 aliphatic rings. The van der Waals surface area contributed by atoms with E-state index in [0.29, 0.717) is 11.5 Å². The molecule has 1 aromatic heterocycles. The molecule has 0 unspecified atom stereocenters. The van der Waals surface area contributed by atoms with Gasteiger partial charge in [0.15, 0.2) is 5.71 Å². The van der Waals surface area contributed by atoms with E-state index in [-0.39, 0.29) is 0 Å². The number of tetrazole rings is 1. The Balaban J connectivity index is 2.50. The first-order valence-corrected chi connectivity index (χ1v) is 4.74. The van der Waals surface area contributed by atoms with Crippen LogP contribution in [0.1, 0.15) is 17.0 Å². The summed E-state index contributed by atoms with van der Waals surface area (Å²) in [6.07, 6.45) is 0.